The number of carbonyl (C=O) groups excluding carboxylic acids is 1. The van der Waals surface area contributed by atoms with Crippen LogP contribution in [0.25, 0.3) is 0 Å². The lowest BCUT2D eigenvalue weighted by Crippen LogP contribution is -2.27. The van der Waals surface area contributed by atoms with Gasteiger partial charge in [-0.25, -0.2) is 0 Å². The SMILES string of the molecule is C[C@@H](NC(=O)c1ccccn1)c1ccccc1Cl. The van der Waals surface area contributed by atoms with E-state index < -0.39 is 0 Å². The predicted molar refractivity (Wildman–Crippen MR) is 71.6 cm³/mol. The van der Waals surface area contributed by atoms with Gasteiger partial charge in [-0.3, -0.25) is 9.78 Å². The molecule has 1 heterocycles. The first-order chi connectivity index (χ1) is 8.68. The summed E-state index contributed by atoms with van der Waals surface area (Å²) in [6.45, 7) is 1.89. The number of nitrogens with one attached hydrogen (secondary N) is 1. The van der Waals surface area contributed by atoms with Gasteiger partial charge in [-0.1, -0.05) is 35.9 Å². The largest absolute Gasteiger partial charge is 0.344 e. The number of rotatable bonds is 3. The molecule has 1 aromatic heterocycles. The predicted octanol–water partition coefficient (Wildman–Crippen LogP) is 3.23. The molecule has 0 fully saturated rings. The summed E-state index contributed by atoms with van der Waals surface area (Å²) in [6.07, 6.45) is 1.59. The Kier molecular flexibility index (Phi) is 3.95. The third-order valence-corrected chi connectivity index (χ3v) is 2.96. The van der Waals surface area contributed by atoms with Gasteiger partial charge in [0.25, 0.3) is 5.91 Å². The van der Waals surface area contributed by atoms with Crippen LogP contribution in [-0.2, 0) is 0 Å². The molecule has 2 rings (SSSR count). The molecule has 1 aromatic carbocycles. The van der Waals surface area contributed by atoms with Gasteiger partial charge in [0.2, 0.25) is 0 Å². The van der Waals surface area contributed by atoms with E-state index in [9.17, 15) is 4.79 Å². The lowest BCUT2D eigenvalue weighted by molar-refractivity contribution is 0.0935. The van der Waals surface area contributed by atoms with Crippen molar-refractivity contribution in [3.8, 4) is 0 Å². The standard InChI is InChI=1S/C14H13ClN2O/c1-10(11-6-2-3-7-12(11)15)17-14(18)13-8-4-5-9-16-13/h2-10H,1H3,(H,17,18)/t10-/m1/s1. The Morgan fingerprint density at radius 3 is 2.61 bits per heavy atom. The van der Waals surface area contributed by atoms with Crippen molar-refractivity contribution in [2.75, 3.05) is 0 Å². The molecule has 1 atom stereocenters. The molecule has 92 valence electrons. The third kappa shape index (κ3) is 2.87. The molecular formula is C14H13ClN2O. The van der Waals surface area contributed by atoms with Gasteiger partial charge in [-0.2, -0.15) is 0 Å². The molecule has 3 nitrogen and oxygen atoms in total. The fourth-order valence-corrected chi connectivity index (χ4v) is 1.97. The number of hydrogen-bond donors (Lipinski definition) is 1. The molecule has 0 aliphatic heterocycles. The first-order valence-electron chi connectivity index (χ1n) is 5.65. The summed E-state index contributed by atoms with van der Waals surface area (Å²) >= 11 is 6.08. The van der Waals surface area contributed by atoms with Gasteiger partial charge in [0.05, 0.1) is 6.04 Å². The van der Waals surface area contributed by atoms with Crippen LogP contribution in [0.3, 0.4) is 0 Å². The highest BCUT2D eigenvalue weighted by Crippen LogP contribution is 2.22. The average Bonchev–Trinajstić information content (AvgIpc) is 2.40. The molecule has 0 spiro atoms. The summed E-state index contributed by atoms with van der Waals surface area (Å²) in [4.78, 5) is 15.9. The van der Waals surface area contributed by atoms with Crippen LogP contribution in [0, 0.1) is 0 Å². The van der Waals surface area contributed by atoms with Crippen LogP contribution in [-0.4, -0.2) is 10.9 Å². The van der Waals surface area contributed by atoms with Crippen molar-refractivity contribution in [2.45, 2.75) is 13.0 Å². The Bertz CT molecular complexity index is 543. The van der Waals surface area contributed by atoms with Gasteiger partial charge >= 0.3 is 0 Å². The smallest absolute Gasteiger partial charge is 0.270 e. The Morgan fingerprint density at radius 1 is 1.22 bits per heavy atom. The molecule has 0 radical (unpaired) electrons. The highest BCUT2D eigenvalue weighted by Gasteiger charge is 2.13. The molecule has 0 saturated carbocycles. The number of nitrogens with zero attached hydrogens (tertiary/aromatic N) is 1. The summed E-state index contributed by atoms with van der Waals surface area (Å²) in [5.41, 5.74) is 1.29. The zero-order valence-corrected chi connectivity index (χ0v) is 10.7. The van der Waals surface area contributed by atoms with Gasteiger partial charge in [-0.15, -0.1) is 0 Å². The van der Waals surface area contributed by atoms with Gasteiger partial charge < -0.3 is 5.32 Å². The molecule has 2 aromatic rings. The van der Waals surface area contributed by atoms with E-state index in [1.165, 1.54) is 0 Å². The van der Waals surface area contributed by atoms with Crippen LogP contribution in [0.15, 0.2) is 48.7 Å². The minimum Gasteiger partial charge on any atom is -0.344 e. The van der Waals surface area contributed by atoms with Crippen molar-refractivity contribution in [1.29, 1.82) is 0 Å². The first kappa shape index (κ1) is 12.6. The van der Waals surface area contributed by atoms with Crippen LogP contribution >= 0.6 is 11.6 Å². The highest BCUT2D eigenvalue weighted by molar-refractivity contribution is 6.31. The first-order valence-corrected chi connectivity index (χ1v) is 6.02. The van der Waals surface area contributed by atoms with E-state index in [4.69, 9.17) is 11.6 Å². The van der Waals surface area contributed by atoms with Gasteiger partial charge in [0.15, 0.2) is 0 Å². The molecule has 18 heavy (non-hydrogen) atoms. The molecule has 1 N–H and O–H groups in total. The van der Waals surface area contributed by atoms with Crippen molar-refractivity contribution >= 4 is 17.5 Å². The minimum atomic E-state index is -0.206. The van der Waals surface area contributed by atoms with Crippen molar-refractivity contribution in [2.24, 2.45) is 0 Å². The summed E-state index contributed by atoms with van der Waals surface area (Å²) in [5.74, 6) is -0.206. The lowest BCUT2D eigenvalue weighted by atomic mass is 10.1. The summed E-state index contributed by atoms with van der Waals surface area (Å²) in [6, 6.07) is 12.5. The summed E-state index contributed by atoms with van der Waals surface area (Å²) in [7, 11) is 0. The topological polar surface area (TPSA) is 42.0 Å². The summed E-state index contributed by atoms with van der Waals surface area (Å²) < 4.78 is 0. The average molecular weight is 261 g/mol. The maximum atomic E-state index is 11.9. The van der Waals surface area contributed by atoms with Crippen LogP contribution in [0.2, 0.25) is 5.02 Å². The monoisotopic (exact) mass is 260 g/mol. The number of halogens is 1. The van der Waals surface area contributed by atoms with Crippen molar-refractivity contribution in [1.82, 2.24) is 10.3 Å². The number of aromatic nitrogens is 1. The van der Waals surface area contributed by atoms with E-state index in [1.807, 2.05) is 25.1 Å². The second kappa shape index (κ2) is 5.65. The molecule has 0 bridgehead atoms. The molecule has 1 amide bonds. The van der Waals surface area contributed by atoms with E-state index in [0.717, 1.165) is 5.56 Å². The third-order valence-electron chi connectivity index (χ3n) is 2.62. The minimum absolute atomic E-state index is 0.159. The number of pyridine rings is 1. The Hall–Kier alpha value is -1.87. The number of amides is 1. The van der Waals surface area contributed by atoms with Gasteiger partial charge in [0.1, 0.15) is 5.69 Å². The van der Waals surface area contributed by atoms with Crippen LogP contribution < -0.4 is 5.32 Å². The van der Waals surface area contributed by atoms with E-state index in [2.05, 4.69) is 10.3 Å². The van der Waals surface area contributed by atoms with Crippen LogP contribution in [0.5, 0.6) is 0 Å². The fraction of sp³-hybridized carbons (Fsp3) is 0.143. The maximum absolute atomic E-state index is 11.9. The van der Waals surface area contributed by atoms with E-state index in [-0.39, 0.29) is 11.9 Å². The van der Waals surface area contributed by atoms with Crippen molar-refractivity contribution in [3.05, 3.63) is 64.9 Å². The summed E-state index contributed by atoms with van der Waals surface area (Å²) in [5, 5.41) is 3.51. The normalized spacial score (nSPS) is 11.9. The number of benzene rings is 1. The quantitative estimate of drug-likeness (QED) is 0.921. The van der Waals surface area contributed by atoms with Crippen LogP contribution in [0.4, 0.5) is 0 Å². The highest BCUT2D eigenvalue weighted by atomic mass is 35.5. The van der Waals surface area contributed by atoms with E-state index >= 15 is 0 Å². The Balaban J connectivity index is 2.11. The number of carbonyl (C=O) groups is 1. The van der Waals surface area contributed by atoms with E-state index in [1.54, 1.807) is 30.5 Å². The Morgan fingerprint density at radius 2 is 1.94 bits per heavy atom. The molecule has 0 aliphatic carbocycles. The molecule has 0 aliphatic rings. The van der Waals surface area contributed by atoms with Crippen molar-refractivity contribution in [3.63, 3.8) is 0 Å². The second-order valence-corrected chi connectivity index (χ2v) is 4.34. The zero-order valence-electron chi connectivity index (χ0n) is 9.93. The molecule has 0 saturated heterocycles. The van der Waals surface area contributed by atoms with E-state index in [0.29, 0.717) is 10.7 Å². The van der Waals surface area contributed by atoms with Crippen LogP contribution in [0.1, 0.15) is 29.0 Å². The van der Waals surface area contributed by atoms with Gasteiger partial charge in [-0.05, 0) is 30.7 Å². The zero-order chi connectivity index (χ0) is 13.0. The fourth-order valence-electron chi connectivity index (χ4n) is 1.67. The second-order valence-electron chi connectivity index (χ2n) is 3.93. The maximum Gasteiger partial charge on any atom is 0.270 e. The molecular weight excluding hydrogens is 248 g/mol. The lowest BCUT2D eigenvalue weighted by Gasteiger charge is -2.15. The molecule has 0 unspecified atom stereocenters. The number of hydrogen-bond acceptors (Lipinski definition) is 2. The molecule has 4 heteroatoms. The van der Waals surface area contributed by atoms with Crippen molar-refractivity contribution < 1.29 is 4.79 Å². The Labute approximate surface area is 111 Å². The van der Waals surface area contributed by atoms with Gasteiger partial charge in [0, 0.05) is 11.2 Å².